The normalized spacial score (nSPS) is 11.6. The largest absolute Gasteiger partial charge is 0.422 e. The van der Waals surface area contributed by atoms with Gasteiger partial charge in [0.1, 0.15) is 5.75 Å². The molecule has 0 atom stereocenters. The summed E-state index contributed by atoms with van der Waals surface area (Å²) in [6, 6.07) is 3.16. The molecule has 0 spiro atoms. The van der Waals surface area contributed by atoms with E-state index in [2.05, 4.69) is 15.9 Å². The molecular formula is C8H8BrCl2O3PS. The van der Waals surface area contributed by atoms with Gasteiger partial charge in [0.2, 0.25) is 0 Å². The van der Waals surface area contributed by atoms with E-state index in [0.717, 1.165) is 0 Å². The van der Waals surface area contributed by atoms with E-state index in [1.165, 1.54) is 14.2 Å². The molecule has 0 aliphatic heterocycles. The number of rotatable bonds is 4. The Morgan fingerprint density at radius 3 is 2.25 bits per heavy atom. The van der Waals surface area contributed by atoms with Crippen LogP contribution in [0.1, 0.15) is 0 Å². The van der Waals surface area contributed by atoms with E-state index in [1.807, 2.05) is 0 Å². The molecule has 0 bridgehead atoms. The maximum atomic E-state index is 5.97. The minimum Gasteiger partial charge on any atom is -0.422 e. The summed E-state index contributed by atoms with van der Waals surface area (Å²) in [5.74, 6) is 0.335. The van der Waals surface area contributed by atoms with Gasteiger partial charge in [-0.15, -0.1) is 0 Å². The van der Waals surface area contributed by atoms with Gasteiger partial charge in [0.15, 0.2) is 0 Å². The number of halogens is 3. The summed E-state index contributed by atoms with van der Waals surface area (Å²) >= 11 is 20.2. The van der Waals surface area contributed by atoms with Crippen molar-refractivity contribution >= 4 is 57.7 Å². The van der Waals surface area contributed by atoms with Gasteiger partial charge < -0.3 is 13.6 Å². The summed E-state index contributed by atoms with van der Waals surface area (Å²) in [4.78, 5) is 0. The van der Waals surface area contributed by atoms with E-state index >= 15 is 0 Å². The lowest BCUT2D eigenvalue weighted by atomic mass is 10.3. The maximum Gasteiger partial charge on any atom is 0.380 e. The van der Waals surface area contributed by atoms with Crippen LogP contribution < -0.4 is 4.52 Å². The predicted molar refractivity (Wildman–Crippen MR) is 73.1 cm³/mol. The van der Waals surface area contributed by atoms with Crippen LogP contribution in [0.3, 0.4) is 0 Å². The zero-order valence-electron chi connectivity index (χ0n) is 8.37. The van der Waals surface area contributed by atoms with Crippen molar-refractivity contribution in [2.24, 2.45) is 0 Å². The molecule has 1 aromatic carbocycles. The van der Waals surface area contributed by atoms with Crippen molar-refractivity contribution < 1.29 is 13.6 Å². The van der Waals surface area contributed by atoms with E-state index in [4.69, 9.17) is 48.6 Å². The Hall–Kier alpha value is 0.650. The quantitative estimate of drug-likeness (QED) is 0.573. The highest BCUT2D eigenvalue weighted by Crippen LogP contribution is 2.50. The van der Waals surface area contributed by atoms with Crippen molar-refractivity contribution in [1.82, 2.24) is 0 Å². The lowest BCUT2D eigenvalue weighted by Crippen LogP contribution is -1.97. The first kappa shape index (κ1) is 14.7. The fraction of sp³-hybridized carbons (Fsp3) is 0.250. The maximum absolute atomic E-state index is 5.97. The fourth-order valence-corrected chi connectivity index (χ4v) is 2.66. The van der Waals surface area contributed by atoms with Crippen molar-refractivity contribution in [2.45, 2.75) is 0 Å². The zero-order chi connectivity index (χ0) is 12.3. The molecule has 0 unspecified atom stereocenters. The molecule has 1 rings (SSSR count). The van der Waals surface area contributed by atoms with Gasteiger partial charge >= 0.3 is 6.72 Å². The third-order valence-electron chi connectivity index (χ3n) is 1.63. The summed E-state index contributed by atoms with van der Waals surface area (Å²) < 4.78 is 16.1. The highest BCUT2D eigenvalue weighted by molar-refractivity contribution is 9.10. The number of hydrogen-bond donors (Lipinski definition) is 0. The Morgan fingerprint density at radius 2 is 1.75 bits per heavy atom. The monoisotopic (exact) mass is 364 g/mol. The van der Waals surface area contributed by atoms with E-state index in [0.29, 0.717) is 20.3 Å². The van der Waals surface area contributed by atoms with Crippen LogP contribution in [0.15, 0.2) is 16.6 Å². The lowest BCUT2D eigenvalue weighted by Gasteiger charge is -2.19. The summed E-state index contributed by atoms with van der Waals surface area (Å²) in [6.45, 7) is -2.79. The first-order valence-corrected chi connectivity index (χ1v) is 8.08. The highest BCUT2D eigenvalue weighted by atomic mass is 79.9. The number of benzene rings is 1. The van der Waals surface area contributed by atoms with Gasteiger partial charge in [0.05, 0.1) is 10.0 Å². The minimum atomic E-state index is -2.79. The van der Waals surface area contributed by atoms with Crippen molar-refractivity contribution in [2.75, 3.05) is 14.2 Å². The van der Waals surface area contributed by atoms with Crippen molar-refractivity contribution in [3.05, 3.63) is 26.7 Å². The third kappa shape index (κ3) is 3.57. The Balaban J connectivity index is 3.06. The smallest absolute Gasteiger partial charge is 0.380 e. The molecule has 90 valence electrons. The zero-order valence-corrected chi connectivity index (χ0v) is 13.2. The summed E-state index contributed by atoms with van der Waals surface area (Å²) in [5.41, 5.74) is 0. The van der Waals surface area contributed by atoms with Crippen LogP contribution in [-0.2, 0) is 20.9 Å². The summed E-state index contributed by atoms with van der Waals surface area (Å²) in [7, 11) is 2.83. The molecule has 0 fully saturated rings. The second-order valence-electron chi connectivity index (χ2n) is 2.60. The third-order valence-corrected chi connectivity index (χ3v) is 5.56. The van der Waals surface area contributed by atoms with Gasteiger partial charge in [-0.2, -0.15) is 0 Å². The predicted octanol–water partition coefficient (Wildman–Crippen LogP) is 4.65. The molecule has 8 heteroatoms. The van der Waals surface area contributed by atoms with Crippen molar-refractivity contribution in [3.63, 3.8) is 0 Å². The van der Waals surface area contributed by atoms with Crippen molar-refractivity contribution in [3.8, 4) is 5.75 Å². The Labute approximate surface area is 117 Å². The molecule has 0 heterocycles. The fourth-order valence-electron chi connectivity index (χ4n) is 0.844. The van der Waals surface area contributed by atoms with Gasteiger partial charge in [-0.3, -0.25) is 0 Å². The lowest BCUT2D eigenvalue weighted by molar-refractivity contribution is 0.273. The molecule has 0 aromatic heterocycles. The molecule has 0 saturated carbocycles. The molecule has 16 heavy (non-hydrogen) atoms. The summed E-state index contributed by atoms with van der Waals surface area (Å²) in [6.07, 6.45) is 0. The summed E-state index contributed by atoms with van der Waals surface area (Å²) in [5, 5.41) is 0.841. The van der Waals surface area contributed by atoms with E-state index < -0.39 is 6.72 Å². The van der Waals surface area contributed by atoms with E-state index in [9.17, 15) is 0 Å². The molecule has 0 radical (unpaired) electrons. The van der Waals surface area contributed by atoms with Gasteiger partial charge in [-0.1, -0.05) is 23.2 Å². The first-order valence-electron chi connectivity index (χ1n) is 3.97. The standard InChI is InChI=1S/C8H8BrCl2O3PS/c1-12-15(16,13-2)14-8-4-6(10)5(9)3-7(8)11/h3-4H,1-2H3. The Morgan fingerprint density at radius 1 is 1.19 bits per heavy atom. The van der Waals surface area contributed by atoms with Crippen LogP contribution in [0.2, 0.25) is 10.0 Å². The molecular weight excluding hydrogens is 358 g/mol. The van der Waals surface area contributed by atoms with Crippen LogP contribution in [0, 0.1) is 0 Å². The second kappa shape index (κ2) is 6.01. The van der Waals surface area contributed by atoms with Crippen LogP contribution in [0.4, 0.5) is 0 Å². The molecule has 3 nitrogen and oxygen atoms in total. The van der Waals surface area contributed by atoms with Crippen LogP contribution in [0.25, 0.3) is 0 Å². The topological polar surface area (TPSA) is 27.7 Å². The van der Waals surface area contributed by atoms with Crippen LogP contribution in [0.5, 0.6) is 5.75 Å². The van der Waals surface area contributed by atoms with E-state index in [1.54, 1.807) is 12.1 Å². The second-order valence-corrected chi connectivity index (χ2v) is 7.42. The van der Waals surface area contributed by atoms with Gasteiger partial charge in [-0.05, 0) is 22.0 Å². The molecule has 1 aromatic rings. The Bertz CT molecular complexity index is 436. The average Bonchev–Trinajstić information content (AvgIpc) is 2.25. The van der Waals surface area contributed by atoms with Crippen LogP contribution >= 0.6 is 45.9 Å². The van der Waals surface area contributed by atoms with Crippen LogP contribution in [-0.4, -0.2) is 14.2 Å². The molecule has 0 saturated heterocycles. The van der Waals surface area contributed by atoms with Gasteiger partial charge in [-0.25, -0.2) is 0 Å². The first-order chi connectivity index (χ1) is 7.41. The molecule has 0 amide bonds. The molecule has 0 N–H and O–H groups in total. The highest BCUT2D eigenvalue weighted by Gasteiger charge is 2.20. The van der Waals surface area contributed by atoms with Gasteiger partial charge in [0, 0.05) is 36.6 Å². The molecule has 0 aliphatic carbocycles. The van der Waals surface area contributed by atoms with Crippen molar-refractivity contribution in [1.29, 1.82) is 0 Å². The van der Waals surface area contributed by atoms with Gasteiger partial charge in [0.25, 0.3) is 0 Å². The SMILES string of the molecule is COP(=S)(OC)Oc1cc(Cl)c(Br)cc1Cl. The Kier molecular flexibility index (Phi) is 5.52. The number of hydrogen-bond acceptors (Lipinski definition) is 4. The average molecular weight is 366 g/mol. The molecule has 0 aliphatic rings. The van der Waals surface area contributed by atoms with E-state index in [-0.39, 0.29) is 0 Å². The minimum absolute atomic E-state index is 0.335.